The molecule has 0 saturated heterocycles. The summed E-state index contributed by atoms with van der Waals surface area (Å²) >= 11 is 0. The highest BCUT2D eigenvalue weighted by atomic mass is 15.1. The number of likely N-dealkylation sites (N-methyl/N-ethyl adjacent to an activating group) is 1. The van der Waals surface area contributed by atoms with E-state index in [1.165, 1.54) is 23.9 Å². The van der Waals surface area contributed by atoms with Gasteiger partial charge < -0.3 is 15.2 Å². The molecule has 96 valence electrons. The average molecular weight is 244 g/mol. The van der Waals surface area contributed by atoms with Crippen LogP contribution in [0.2, 0.25) is 0 Å². The second-order valence-corrected chi connectivity index (χ2v) is 5.35. The van der Waals surface area contributed by atoms with E-state index < -0.39 is 0 Å². The molecule has 18 heavy (non-hydrogen) atoms. The molecule has 3 rings (SSSR count). The summed E-state index contributed by atoms with van der Waals surface area (Å²) < 4.78 is 2.30. The number of hydrogen-bond acceptors (Lipinski definition) is 3. The standard InChI is InChI=1S/C14H20N4/c1-17(2)14(8-15)10-3-6-13-12(7-10)16-9-18(13)11-4-5-11/h3,6-7,9,11,14H,4-5,8,15H2,1-2H3. The van der Waals surface area contributed by atoms with E-state index in [-0.39, 0.29) is 6.04 Å². The third-order valence-electron chi connectivity index (χ3n) is 3.77. The van der Waals surface area contributed by atoms with Gasteiger partial charge in [0.2, 0.25) is 0 Å². The molecule has 1 unspecified atom stereocenters. The van der Waals surface area contributed by atoms with Gasteiger partial charge in [-0.15, -0.1) is 0 Å². The van der Waals surface area contributed by atoms with Gasteiger partial charge in [-0.1, -0.05) is 6.07 Å². The molecule has 1 fully saturated rings. The highest BCUT2D eigenvalue weighted by Gasteiger charge is 2.25. The molecule has 1 aliphatic carbocycles. The number of nitrogens with zero attached hydrogens (tertiary/aromatic N) is 3. The lowest BCUT2D eigenvalue weighted by Gasteiger charge is -2.23. The molecule has 1 aliphatic rings. The fourth-order valence-corrected chi connectivity index (χ4v) is 2.54. The molecule has 1 aromatic carbocycles. The van der Waals surface area contributed by atoms with Gasteiger partial charge in [0.05, 0.1) is 17.4 Å². The van der Waals surface area contributed by atoms with E-state index in [1.807, 2.05) is 6.33 Å². The minimum atomic E-state index is 0.264. The van der Waals surface area contributed by atoms with Gasteiger partial charge in [0.15, 0.2) is 0 Å². The molecule has 4 nitrogen and oxygen atoms in total. The number of benzene rings is 1. The highest BCUT2D eigenvalue weighted by Crippen LogP contribution is 2.37. The molecular weight excluding hydrogens is 224 g/mol. The molecule has 0 aliphatic heterocycles. The van der Waals surface area contributed by atoms with E-state index in [9.17, 15) is 0 Å². The fraction of sp³-hybridized carbons (Fsp3) is 0.500. The summed E-state index contributed by atoms with van der Waals surface area (Å²) in [6, 6.07) is 7.48. The van der Waals surface area contributed by atoms with Crippen molar-refractivity contribution in [2.45, 2.75) is 24.9 Å². The highest BCUT2D eigenvalue weighted by molar-refractivity contribution is 5.76. The Hall–Kier alpha value is -1.39. The Morgan fingerprint density at radius 3 is 2.83 bits per heavy atom. The molecule has 0 radical (unpaired) electrons. The van der Waals surface area contributed by atoms with Crippen LogP contribution in [0, 0.1) is 0 Å². The summed E-state index contributed by atoms with van der Waals surface area (Å²) in [6.07, 6.45) is 4.55. The van der Waals surface area contributed by atoms with Crippen molar-refractivity contribution in [2.75, 3.05) is 20.6 Å². The van der Waals surface area contributed by atoms with Crippen LogP contribution in [0.4, 0.5) is 0 Å². The number of rotatable bonds is 4. The van der Waals surface area contributed by atoms with Crippen LogP contribution in [0.1, 0.15) is 30.5 Å². The Kier molecular flexibility index (Phi) is 2.84. The van der Waals surface area contributed by atoms with E-state index in [0.29, 0.717) is 12.6 Å². The predicted molar refractivity (Wildman–Crippen MR) is 73.5 cm³/mol. The van der Waals surface area contributed by atoms with Crippen molar-refractivity contribution in [3.63, 3.8) is 0 Å². The van der Waals surface area contributed by atoms with Crippen molar-refractivity contribution in [1.82, 2.24) is 14.5 Å². The molecule has 1 atom stereocenters. The smallest absolute Gasteiger partial charge is 0.0960 e. The average Bonchev–Trinajstić information content (AvgIpc) is 3.10. The minimum absolute atomic E-state index is 0.264. The second kappa shape index (κ2) is 4.37. The normalized spacial score (nSPS) is 17.6. The number of nitrogens with two attached hydrogens (primary N) is 1. The van der Waals surface area contributed by atoms with Crippen LogP contribution >= 0.6 is 0 Å². The van der Waals surface area contributed by atoms with Crippen LogP contribution in [-0.4, -0.2) is 35.1 Å². The summed E-state index contributed by atoms with van der Waals surface area (Å²) in [6.45, 7) is 0.627. The molecule has 2 aromatic rings. The first-order valence-electron chi connectivity index (χ1n) is 6.53. The fourth-order valence-electron chi connectivity index (χ4n) is 2.54. The van der Waals surface area contributed by atoms with Gasteiger partial charge in [-0.05, 0) is 44.6 Å². The molecule has 4 heteroatoms. The van der Waals surface area contributed by atoms with Gasteiger partial charge in [0.1, 0.15) is 0 Å². The van der Waals surface area contributed by atoms with Crippen LogP contribution < -0.4 is 5.73 Å². The maximum atomic E-state index is 5.85. The van der Waals surface area contributed by atoms with Crippen molar-refractivity contribution in [3.05, 3.63) is 30.1 Å². The van der Waals surface area contributed by atoms with Crippen LogP contribution in [0.5, 0.6) is 0 Å². The summed E-state index contributed by atoms with van der Waals surface area (Å²) in [5.41, 5.74) is 9.42. The predicted octanol–water partition coefficient (Wildman–Crippen LogP) is 1.93. The number of hydrogen-bond donors (Lipinski definition) is 1. The topological polar surface area (TPSA) is 47.1 Å². The zero-order valence-corrected chi connectivity index (χ0v) is 11.0. The van der Waals surface area contributed by atoms with Crippen molar-refractivity contribution >= 4 is 11.0 Å². The van der Waals surface area contributed by atoms with E-state index in [2.05, 4.69) is 46.7 Å². The molecule has 0 amide bonds. The largest absolute Gasteiger partial charge is 0.329 e. The second-order valence-electron chi connectivity index (χ2n) is 5.35. The lowest BCUT2D eigenvalue weighted by molar-refractivity contribution is 0.306. The Balaban J connectivity index is 2.00. The van der Waals surface area contributed by atoms with E-state index in [1.54, 1.807) is 0 Å². The van der Waals surface area contributed by atoms with Crippen LogP contribution in [0.15, 0.2) is 24.5 Å². The maximum absolute atomic E-state index is 5.85. The quantitative estimate of drug-likeness (QED) is 0.894. The Labute approximate surface area is 107 Å². The first-order valence-corrected chi connectivity index (χ1v) is 6.53. The van der Waals surface area contributed by atoms with Gasteiger partial charge in [0, 0.05) is 18.6 Å². The summed E-state index contributed by atoms with van der Waals surface area (Å²) in [5.74, 6) is 0. The zero-order valence-electron chi connectivity index (χ0n) is 11.0. The van der Waals surface area contributed by atoms with Gasteiger partial charge in [-0.2, -0.15) is 0 Å². The number of aromatic nitrogens is 2. The summed E-state index contributed by atoms with van der Waals surface area (Å²) in [7, 11) is 4.12. The lowest BCUT2D eigenvalue weighted by Crippen LogP contribution is -2.27. The lowest BCUT2D eigenvalue weighted by atomic mass is 10.1. The Morgan fingerprint density at radius 2 is 2.22 bits per heavy atom. The monoisotopic (exact) mass is 244 g/mol. The van der Waals surface area contributed by atoms with Crippen molar-refractivity contribution in [2.24, 2.45) is 5.73 Å². The molecular formula is C14H20N4. The van der Waals surface area contributed by atoms with Gasteiger partial charge >= 0.3 is 0 Å². The third kappa shape index (κ3) is 1.91. The molecule has 1 aromatic heterocycles. The Morgan fingerprint density at radius 1 is 1.44 bits per heavy atom. The summed E-state index contributed by atoms with van der Waals surface area (Å²) in [4.78, 5) is 6.67. The number of fused-ring (bicyclic) bond motifs is 1. The molecule has 2 N–H and O–H groups in total. The minimum Gasteiger partial charge on any atom is -0.329 e. The zero-order chi connectivity index (χ0) is 12.7. The molecule has 1 saturated carbocycles. The maximum Gasteiger partial charge on any atom is 0.0960 e. The van der Waals surface area contributed by atoms with E-state index in [0.717, 1.165) is 5.52 Å². The van der Waals surface area contributed by atoms with Crippen molar-refractivity contribution in [1.29, 1.82) is 0 Å². The van der Waals surface area contributed by atoms with Crippen LogP contribution in [0.25, 0.3) is 11.0 Å². The van der Waals surface area contributed by atoms with Crippen LogP contribution in [0.3, 0.4) is 0 Å². The molecule has 0 spiro atoms. The van der Waals surface area contributed by atoms with E-state index in [4.69, 9.17) is 5.73 Å². The van der Waals surface area contributed by atoms with Gasteiger partial charge in [0.25, 0.3) is 0 Å². The van der Waals surface area contributed by atoms with E-state index >= 15 is 0 Å². The molecule has 0 bridgehead atoms. The first kappa shape index (κ1) is 11.7. The van der Waals surface area contributed by atoms with Gasteiger partial charge in [-0.3, -0.25) is 0 Å². The van der Waals surface area contributed by atoms with Crippen molar-refractivity contribution < 1.29 is 0 Å². The Bertz CT molecular complexity index is 554. The summed E-state index contributed by atoms with van der Waals surface area (Å²) in [5, 5.41) is 0. The SMILES string of the molecule is CN(C)C(CN)c1ccc2c(c1)ncn2C1CC1. The van der Waals surface area contributed by atoms with Crippen LogP contribution in [-0.2, 0) is 0 Å². The van der Waals surface area contributed by atoms with Gasteiger partial charge in [-0.25, -0.2) is 4.98 Å². The first-order chi connectivity index (χ1) is 8.70. The molecule has 1 heterocycles. The number of imidazole rings is 1. The van der Waals surface area contributed by atoms with Crippen molar-refractivity contribution in [3.8, 4) is 0 Å². The third-order valence-corrected chi connectivity index (χ3v) is 3.77.